The van der Waals surface area contributed by atoms with Crippen molar-refractivity contribution < 1.29 is 17.4 Å². The van der Waals surface area contributed by atoms with Crippen LogP contribution in [0.2, 0.25) is 0 Å². The molecule has 5 nitrogen and oxygen atoms in total. The average molecular weight is 348 g/mol. The van der Waals surface area contributed by atoms with Crippen molar-refractivity contribution >= 4 is 37.6 Å². The third kappa shape index (κ3) is 2.68. The molecule has 1 aromatic carbocycles. The molecule has 1 atom stereocenters. The molecular weight excluding hydrogens is 334 g/mol. The van der Waals surface area contributed by atoms with E-state index >= 15 is 0 Å². The van der Waals surface area contributed by atoms with Crippen LogP contribution in [-0.2, 0) is 24.5 Å². The van der Waals surface area contributed by atoms with Gasteiger partial charge in [-0.2, -0.15) is 8.42 Å². The molecule has 0 saturated carbocycles. The summed E-state index contributed by atoms with van der Waals surface area (Å²) in [5.41, 5.74) is 0.518. The lowest BCUT2D eigenvalue weighted by atomic mass is 9.80. The van der Waals surface area contributed by atoms with Crippen LogP contribution < -0.4 is 5.32 Å². The summed E-state index contributed by atoms with van der Waals surface area (Å²) in [5.74, 6) is -0.230. The maximum absolute atomic E-state index is 12.2. The van der Waals surface area contributed by atoms with Gasteiger partial charge in [-0.25, -0.2) is 0 Å². The molecule has 1 aliphatic heterocycles. The fourth-order valence-corrected chi connectivity index (χ4v) is 2.98. The Balaban J connectivity index is 2.43. The van der Waals surface area contributed by atoms with E-state index in [-0.39, 0.29) is 12.5 Å². The van der Waals surface area contributed by atoms with Crippen molar-refractivity contribution in [2.75, 3.05) is 18.2 Å². The van der Waals surface area contributed by atoms with Crippen LogP contribution in [0, 0.1) is 0 Å². The van der Waals surface area contributed by atoms with Gasteiger partial charge in [0.05, 0.1) is 12.9 Å². The van der Waals surface area contributed by atoms with Gasteiger partial charge >= 0.3 is 0 Å². The predicted octanol–water partition coefficient (Wildman–Crippen LogP) is 2.03. The van der Waals surface area contributed by atoms with E-state index in [1.165, 1.54) is 0 Å². The third-order valence-corrected chi connectivity index (χ3v) is 4.34. The van der Waals surface area contributed by atoms with Crippen molar-refractivity contribution in [1.29, 1.82) is 0 Å². The zero-order valence-electron chi connectivity index (χ0n) is 10.6. The number of nitrogens with one attached hydrogen (secondary N) is 1. The number of fused-ring (bicyclic) bond motifs is 1. The molecule has 0 aliphatic carbocycles. The van der Waals surface area contributed by atoms with Crippen molar-refractivity contribution in [1.82, 2.24) is 0 Å². The van der Waals surface area contributed by atoms with Gasteiger partial charge in [0, 0.05) is 10.2 Å². The van der Waals surface area contributed by atoms with Crippen molar-refractivity contribution in [3.63, 3.8) is 0 Å². The van der Waals surface area contributed by atoms with Crippen molar-refractivity contribution in [2.24, 2.45) is 0 Å². The minimum absolute atomic E-state index is 0.178. The molecule has 1 unspecified atom stereocenters. The molecule has 104 valence electrons. The third-order valence-electron chi connectivity index (χ3n) is 3.30. The van der Waals surface area contributed by atoms with Crippen LogP contribution in [0.3, 0.4) is 0 Å². The maximum atomic E-state index is 12.2. The topological polar surface area (TPSA) is 72.5 Å². The van der Waals surface area contributed by atoms with Crippen molar-refractivity contribution in [2.45, 2.75) is 18.8 Å². The Labute approximate surface area is 120 Å². The van der Waals surface area contributed by atoms with Crippen LogP contribution in [-0.4, -0.2) is 27.2 Å². The summed E-state index contributed by atoms with van der Waals surface area (Å²) in [4.78, 5) is 12.2. The average Bonchev–Trinajstić information content (AvgIpc) is 2.57. The molecule has 0 bridgehead atoms. The van der Waals surface area contributed by atoms with Crippen LogP contribution in [0.5, 0.6) is 0 Å². The molecule has 1 N–H and O–H groups in total. The summed E-state index contributed by atoms with van der Waals surface area (Å²) in [7, 11) is -3.58. The van der Waals surface area contributed by atoms with E-state index in [9.17, 15) is 13.2 Å². The highest BCUT2D eigenvalue weighted by molar-refractivity contribution is 9.10. The number of benzene rings is 1. The molecular formula is C12H14BrNO4S. The highest BCUT2D eigenvalue weighted by atomic mass is 79.9. The first-order valence-electron chi connectivity index (χ1n) is 5.74. The van der Waals surface area contributed by atoms with Gasteiger partial charge in [0.15, 0.2) is 0 Å². The first kappa shape index (κ1) is 14.5. The molecule has 0 fully saturated rings. The van der Waals surface area contributed by atoms with E-state index in [0.717, 1.165) is 16.3 Å². The molecule has 1 aliphatic rings. The number of hydrogen-bond donors (Lipinski definition) is 1. The van der Waals surface area contributed by atoms with E-state index in [4.69, 9.17) is 4.18 Å². The molecule has 0 radical (unpaired) electrons. The second-order valence-electron chi connectivity index (χ2n) is 4.55. The minimum atomic E-state index is -3.58. The van der Waals surface area contributed by atoms with Crippen LogP contribution in [0.25, 0.3) is 0 Å². The van der Waals surface area contributed by atoms with Crippen molar-refractivity contribution in [3.8, 4) is 0 Å². The lowest BCUT2D eigenvalue weighted by Crippen LogP contribution is -2.39. The second-order valence-corrected chi connectivity index (χ2v) is 7.11. The smallest absolute Gasteiger partial charge is 0.264 e. The highest BCUT2D eigenvalue weighted by Crippen LogP contribution is 2.41. The maximum Gasteiger partial charge on any atom is 0.264 e. The molecule has 19 heavy (non-hydrogen) atoms. The van der Waals surface area contributed by atoms with E-state index in [1.807, 2.05) is 19.1 Å². The first-order chi connectivity index (χ1) is 8.78. The molecule has 0 saturated heterocycles. The van der Waals surface area contributed by atoms with Gasteiger partial charge in [0.25, 0.3) is 10.1 Å². The van der Waals surface area contributed by atoms with E-state index < -0.39 is 15.5 Å². The van der Waals surface area contributed by atoms with E-state index in [1.54, 1.807) is 6.07 Å². The highest BCUT2D eigenvalue weighted by Gasteiger charge is 2.46. The predicted molar refractivity (Wildman–Crippen MR) is 75.5 cm³/mol. The number of rotatable bonds is 4. The Kier molecular flexibility index (Phi) is 3.72. The Morgan fingerprint density at radius 1 is 1.42 bits per heavy atom. The van der Waals surface area contributed by atoms with Crippen LogP contribution in [0.4, 0.5) is 5.69 Å². The molecule has 1 aromatic rings. The molecule has 1 amide bonds. The van der Waals surface area contributed by atoms with Gasteiger partial charge in [-0.15, -0.1) is 0 Å². The normalized spacial score (nSPS) is 22.2. The summed E-state index contributed by atoms with van der Waals surface area (Å²) in [6.07, 6.45) is 1.44. The van der Waals surface area contributed by atoms with Gasteiger partial charge < -0.3 is 5.32 Å². The quantitative estimate of drug-likeness (QED) is 0.845. The molecule has 0 spiro atoms. The standard InChI is InChI=1S/C12H14BrNO4S/c1-3-12(7-18-19(2,16)17)9-5-4-8(13)6-10(9)14-11(12)15/h4-6H,3,7H2,1-2H3,(H,14,15). The van der Waals surface area contributed by atoms with Gasteiger partial charge in [0.2, 0.25) is 5.91 Å². The summed E-state index contributed by atoms with van der Waals surface area (Å²) in [5, 5.41) is 2.77. The first-order valence-corrected chi connectivity index (χ1v) is 8.35. The van der Waals surface area contributed by atoms with Crippen molar-refractivity contribution in [3.05, 3.63) is 28.2 Å². The minimum Gasteiger partial charge on any atom is -0.325 e. The van der Waals surface area contributed by atoms with Gasteiger partial charge in [-0.05, 0) is 24.1 Å². The Bertz CT molecular complexity index is 629. The molecule has 2 rings (SSSR count). The molecule has 1 heterocycles. The zero-order valence-corrected chi connectivity index (χ0v) is 13.0. The van der Waals surface area contributed by atoms with Crippen LogP contribution in [0.15, 0.2) is 22.7 Å². The van der Waals surface area contributed by atoms with Gasteiger partial charge in [-0.3, -0.25) is 8.98 Å². The molecule has 7 heteroatoms. The van der Waals surface area contributed by atoms with Crippen LogP contribution in [0.1, 0.15) is 18.9 Å². The lowest BCUT2D eigenvalue weighted by Gasteiger charge is -2.24. The fourth-order valence-electron chi connectivity index (χ4n) is 2.21. The number of anilines is 1. The summed E-state index contributed by atoms with van der Waals surface area (Å²) < 4.78 is 28.0. The number of carbonyl (C=O) groups excluding carboxylic acids is 1. The number of hydrogen-bond acceptors (Lipinski definition) is 4. The van der Waals surface area contributed by atoms with E-state index in [0.29, 0.717) is 12.1 Å². The Morgan fingerprint density at radius 2 is 2.11 bits per heavy atom. The lowest BCUT2D eigenvalue weighted by molar-refractivity contribution is -0.122. The summed E-state index contributed by atoms with van der Waals surface area (Å²) in [6, 6.07) is 5.43. The monoisotopic (exact) mass is 347 g/mol. The van der Waals surface area contributed by atoms with Gasteiger partial charge in [-0.1, -0.05) is 28.9 Å². The second kappa shape index (κ2) is 4.88. The summed E-state index contributed by atoms with van der Waals surface area (Å²) >= 11 is 3.34. The fraction of sp³-hybridized carbons (Fsp3) is 0.417. The molecule has 0 aromatic heterocycles. The van der Waals surface area contributed by atoms with E-state index in [2.05, 4.69) is 21.2 Å². The number of carbonyl (C=O) groups is 1. The summed E-state index contributed by atoms with van der Waals surface area (Å²) in [6.45, 7) is 1.66. The number of halogens is 1. The number of amides is 1. The zero-order chi connectivity index (χ0) is 14.3. The SMILES string of the molecule is CCC1(COS(C)(=O)=O)C(=O)Nc2cc(Br)ccc21. The Morgan fingerprint density at radius 3 is 2.68 bits per heavy atom. The Hall–Kier alpha value is -0.920. The van der Waals surface area contributed by atoms with Crippen LogP contribution >= 0.6 is 15.9 Å². The largest absolute Gasteiger partial charge is 0.325 e. The van der Waals surface area contributed by atoms with Gasteiger partial charge in [0.1, 0.15) is 5.41 Å².